The molecule has 1 fully saturated rings. The maximum atomic E-state index is 13.0. The largest absolute Gasteiger partial charge is 0.573 e. The molecule has 2 aliphatic rings. The van der Waals surface area contributed by atoms with E-state index in [1.165, 1.54) is 0 Å². The highest BCUT2D eigenvalue weighted by Crippen LogP contribution is 2.50. The molecular weight excluding hydrogens is 465 g/mol. The van der Waals surface area contributed by atoms with Gasteiger partial charge in [-0.2, -0.15) is 0 Å². The Bertz CT molecular complexity index is 1160. The van der Waals surface area contributed by atoms with E-state index in [-0.39, 0.29) is 17.5 Å². The molecule has 7 nitrogen and oxygen atoms in total. The summed E-state index contributed by atoms with van der Waals surface area (Å²) in [5, 5.41) is 13.7. The van der Waals surface area contributed by atoms with Crippen molar-refractivity contribution >= 4 is 23.2 Å². The Morgan fingerprint density at radius 3 is 2.43 bits per heavy atom. The number of alkyl halides is 3. The number of carboxylic acids is 1. The second kappa shape index (κ2) is 8.99. The van der Waals surface area contributed by atoms with Crippen LogP contribution in [0.4, 0.5) is 18.9 Å². The van der Waals surface area contributed by atoms with Gasteiger partial charge in [0, 0.05) is 29.6 Å². The maximum Gasteiger partial charge on any atom is 0.573 e. The first-order valence-corrected chi connectivity index (χ1v) is 11.2. The third kappa shape index (κ3) is 4.88. The minimum Gasteiger partial charge on any atom is -0.480 e. The summed E-state index contributed by atoms with van der Waals surface area (Å²) >= 11 is 0. The predicted molar refractivity (Wildman–Crippen MR) is 120 cm³/mol. The van der Waals surface area contributed by atoms with Crippen LogP contribution in [0.3, 0.4) is 0 Å². The van der Waals surface area contributed by atoms with Crippen LogP contribution in [-0.2, 0) is 9.59 Å². The lowest BCUT2D eigenvalue weighted by atomic mass is 9.66. The minimum absolute atomic E-state index is 0.00413. The van der Waals surface area contributed by atoms with Crippen LogP contribution in [0.1, 0.15) is 53.1 Å². The zero-order valence-corrected chi connectivity index (χ0v) is 18.9. The molecule has 0 amide bonds. The predicted octanol–water partition coefficient (Wildman–Crippen LogP) is 4.20. The standard InChI is InChI=1S/C25H25F3N2O5/c1-13-5-10-19-17(11-13)21(16-3-2-4-18(16)30-19)24(29,23(33)34)12-20(31)22(32)14-6-8-15(9-7-14)35-25(26,27)28/h5-11,16,18,21,30H,2-4,12,29H2,1H3,(H,33,34)/t16-,18+,21?,24?/m0/s1. The quantitative estimate of drug-likeness (QED) is 0.393. The molecule has 35 heavy (non-hydrogen) atoms. The summed E-state index contributed by atoms with van der Waals surface area (Å²) in [6, 6.07) is 9.50. The average Bonchev–Trinajstić information content (AvgIpc) is 3.24. The third-order valence-electron chi connectivity index (χ3n) is 6.89. The topological polar surface area (TPSA) is 119 Å². The van der Waals surface area contributed by atoms with E-state index in [1.54, 1.807) is 0 Å². The molecule has 0 saturated heterocycles. The van der Waals surface area contributed by atoms with Crippen molar-refractivity contribution in [3.63, 3.8) is 0 Å². The summed E-state index contributed by atoms with van der Waals surface area (Å²) in [6.07, 6.45) is -3.21. The van der Waals surface area contributed by atoms with Crippen LogP contribution >= 0.6 is 0 Å². The Balaban J connectivity index is 1.63. The van der Waals surface area contributed by atoms with E-state index < -0.39 is 47.5 Å². The molecule has 0 bridgehead atoms. The van der Waals surface area contributed by atoms with Crippen LogP contribution < -0.4 is 15.8 Å². The van der Waals surface area contributed by atoms with Gasteiger partial charge >= 0.3 is 12.3 Å². The highest BCUT2D eigenvalue weighted by atomic mass is 19.4. The smallest absolute Gasteiger partial charge is 0.480 e. The van der Waals surface area contributed by atoms with Crippen LogP contribution in [0.5, 0.6) is 5.75 Å². The third-order valence-corrected chi connectivity index (χ3v) is 6.89. The van der Waals surface area contributed by atoms with Crippen LogP contribution in [0.15, 0.2) is 42.5 Å². The van der Waals surface area contributed by atoms with Crippen molar-refractivity contribution in [2.75, 3.05) is 5.32 Å². The van der Waals surface area contributed by atoms with E-state index in [9.17, 15) is 32.7 Å². The molecule has 0 spiro atoms. The minimum atomic E-state index is -4.90. The van der Waals surface area contributed by atoms with Gasteiger partial charge in [-0.05, 0) is 61.6 Å². The normalized spacial score (nSPS) is 22.8. The number of carboxylic acid groups (broad SMARTS) is 1. The van der Waals surface area contributed by atoms with Crippen molar-refractivity contribution in [3.05, 3.63) is 59.2 Å². The van der Waals surface area contributed by atoms with Crippen LogP contribution in [-0.4, -0.2) is 40.6 Å². The number of hydrogen-bond acceptors (Lipinski definition) is 6. The molecule has 4 N–H and O–H groups in total. The first-order chi connectivity index (χ1) is 16.4. The number of fused-ring (bicyclic) bond motifs is 2. The molecule has 2 aromatic carbocycles. The highest BCUT2D eigenvalue weighted by Gasteiger charge is 2.54. The number of anilines is 1. The van der Waals surface area contributed by atoms with Gasteiger partial charge in [-0.3, -0.25) is 14.4 Å². The van der Waals surface area contributed by atoms with E-state index in [1.807, 2.05) is 25.1 Å². The summed E-state index contributed by atoms with van der Waals surface area (Å²) in [5.74, 6) is -4.83. The molecule has 1 aliphatic heterocycles. The van der Waals surface area contributed by atoms with Gasteiger partial charge in [-0.15, -0.1) is 13.2 Å². The van der Waals surface area contributed by atoms with Crippen molar-refractivity contribution in [3.8, 4) is 5.75 Å². The van der Waals surface area contributed by atoms with E-state index in [4.69, 9.17) is 5.73 Å². The Labute approximate surface area is 199 Å². The molecule has 10 heteroatoms. The second-order valence-corrected chi connectivity index (χ2v) is 9.26. The number of carbonyl (C=O) groups excluding carboxylic acids is 2. The van der Waals surface area contributed by atoms with Crippen molar-refractivity contribution in [2.24, 2.45) is 11.7 Å². The lowest BCUT2D eigenvalue weighted by Gasteiger charge is -2.44. The average molecular weight is 490 g/mol. The summed E-state index contributed by atoms with van der Waals surface area (Å²) in [5.41, 5.74) is 6.64. The molecule has 1 heterocycles. The van der Waals surface area contributed by atoms with Crippen molar-refractivity contribution in [2.45, 2.75) is 56.5 Å². The highest BCUT2D eigenvalue weighted by molar-refractivity contribution is 6.44. The fourth-order valence-electron chi connectivity index (χ4n) is 5.36. The fraction of sp³-hybridized carbons (Fsp3) is 0.400. The monoisotopic (exact) mass is 490 g/mol. The number of Topliss-reactive ketones (excluding diaryl/α,β-unsaturated/α-hetero) is 2. The van der Waals surface area contributed by atoms with E-state index >= 15 is 0 Å². The number of carbonyl (C=O) groups is 3. The maximum absolute atomic E-state index is 13.0. The number of ketones is 2. The molecule has 1 saturated carbocycles. The first-order valence-electron chi connectivity index (χ1n) is 11.2. The lowest BCUT2D eigenvalue weighted by Crippen LogP contribution is -2.59. The molecule has 0 aromatic heterocycles. The van der Waals surface area contributed by atoms with E-state index in [2.05, 4.69) is 10.1 Å². The molecular formula is C25H25F3N2O5. The summed E-state index contributed by atoms with van der Waals surface area (Å²) < 4.78 is 40.9. The number of ether oxygens (including phenoxy) is 1. The lowest BCUT2D eigenvalue weighted by molar-refractivity contribution is -0.274. The molecule has 1 aliphatic carbocycles. The summed E-state index contributed by atoms with van der Waals surface area (Å²) in [7, 11) is 0. The number of rotatable bonds is 7. The molecule has 2 unspecified atom stereocenters. The van der Waals surface area contributed by atoms with Gasteiger partial charge < -0.3 is 20.9 Å². The van der Waals surface area contributed by atoms with Gasteiger partial charge in [0.25, 0.3) is 0 Å². The van der Waals surface area contributed by atoms with Gasteiger partial charge in [0.15, 0.2) is 0 Å². The van der Waals surface area contributed by atoms with E-state index in [0.29, 0.717) is 5.56 Å². The number of aliphatic carboxylic acids is 1. The Morgan fingerprint density at radius 2 is 1.80 bits per heavy atom. The molecule has 4 rings (SSSR count). The van der Waals surface area contributed by atoms with Crippen molar-refractivity contribution < 1.29 is 37.4 Å². The Hall–Kier alpha value is -3.40. The number of halogens is 3. The fourth-order valence-corrected chi connectivity index (χ4v) is 5.36. The van der Waals surface area contributed by atoms with Crippen LogP contribution in [0.2, 0.25) is 0 Å². The van der Waals surface area contributed by atoms with Crippen molar-refractivity contribution in [1.82, 2.24) is 0 Å². The number of hydrogen-bond donors (Lipinski definition) is 3. The number of nitrogens with two attached hydrogens (primary N) is 1. The summed E-state index contributed by atoms with van der Waals surface area (Å²) in [4.78, 5) is 38.3. The van der Waals surface area contributed by atoms with Gasteiger partial charge in [0.05, 0.1) is 0 Å². The number of aryl methyl sites for hydroxylation is 1. The second-order valence-electron chi connectivity index (χ2n) is 9.26. The van der Waals surface area contributed by atoms with Crippen molar-refractivity contribution in [1.29, 1.82) is 0 Å². The van der Waals surface area contributed by atoms with Crippen LogP contribution in [0.25, 0.3) is 0 Å². The van der Waals surface area contributed by atoms with Crippen LogP contribution in [0, 0.1) is 12.8 Å². The van der Waals surface area contributed by atoms with Gasteiger partial charge in [0.1, 0.15) is 11.3 Å². The molecule has 186 valence electrons. The van der Waals surface area contributed by atoms with Gasteiger partial charge in [-0.25, -0.2) is 0 Å². The SMILES string of the molecule is Cc1ccc2c(c1)C(C(N)(CC(=O)C(=O)c1ccc(OC(F)(F)F)cc1)C(=O)O)[C@H]1CCC[C@H]1N2. The Kier molecular flexibility index (Phi) is 6.35. The van der Waals surface area contributed by atoms with Gasteiger partial charge in [-0.1, -0.05) is 24.1 Å². The molecule has 0 radical (unpaired) electrons. The zero-order valence-electron chi connectivity index (χ0n) is 18.9. The van der Waals surface area contributed by atoms with Gasteiger partial charge in [0.2, 0.25) is 11.6 Å². The zero-order chi connectivity index (χ0) is 25.5. The summed E-state index contributed by atoms with van der Waals surface area (Å²) in [6.45, 7) is 1.87. The number of nitrogens with one attached hydrogen (secondary N) is 1. The number of benzene rings is 2. The first kappa shape index (κ1) is 24.7. The Morgan fingerprint density at radius 1 is 1.11 bits per heavy atom. The molecule has 4 atom stereocenters. The van der Waals surface area contributed by atoms with E-state index in [0.717, 1.165) is 54.8 Å². The molecule has 2 aromatic rings.